The van der Waals surface area contributed by atoms with Crippen LogP contribution >= 0.6 is 11.3 Å². The van der Waals surface area contributed by atoms with Gasteiger partial charge in [0.25, 0.3) is 0 Å². The summed E-state index contributed by atoms with van der Waals surface area (Å²) in [7, 11) is 0. The summed E-state index contributed by atoms with van der Waals surface area (Å²) < 4.78 is 0. The normalized spacial score (nSPS) is 12.9. The van der Waals surface area contributed by atoms with Crippen LogP contribution in [0.15, 0.2) is 29.5 Å². The third-order valence-corrected chi connectivity index (χ3v) is 2.15. The lowest BCUT2D eigenvalue weighted by molar-refractivity contribution is 0.284. The molecular formula is C8H10OS. The van der Waals surface area contributed by atoms with Crippen LogP contribution in [0, 0.1) is 0 Å². The molecule has 2 heteroatoms. The van der Waals surface area contributed by atoms with Gasteiger partial charge in [-0.2, -0.15) is 11.3 Å². The Morgan fingerprint density at radius 2 is 2.60 bits per heavy atom. The van der Waals surface area contributed by atoms with Crippen LogP contribution in [0.3, 0.4) is 0 Å². The Balaban J connectivity index is 2.73. The van der Waals surface area contributed by atoms with E-state index < -0.39 is 0 Å². The summed E-state index contributed by atoms with van der Waals surface area (Å²) in [5, 5.41) is 12.9. The molecule has 54 valence electrons. The summed E-state index contributed by atoms with van der Waals surface area (Å²) in [6.45, 7) is 3.79. The molecule has 1 aromatic heterocycles. The maximum Gasteiger partial charge on any atom is 0.0534 e. The fourth-order valence-corrected chi connectivity index (χ4v) is 1.53. The number of hydrogen-bond donors (Lipinski definition) is 1. The van der Waals surface area contributed by atoms with Crippen molar-refractivity contribution < 1.29 is 5.11 Å². The van der Waals surface area contributed by atoms with Gasteiger partial charge >= 0.3 is 0 Å². The first-order valence-corrected chi connectivity index (χ1v) is 4.08. The minimum Gasteiger partial charge on any atom is -0.395 e. The van der Waals surface area contributed by atoms with Crippen molar-refractivity contribution >= 4 is 11.3 Å². The van der Waals surface area contributed by atoms with Crippen molar-refractivity contribution in [2.75, 3.05) is 6.61 Å². The molecule has 1 nitrogen and oxygen atoms in total. The van der Waals surface area contributed by atoms with Crippen LogP contribution < -0.4 is 0 Å². The van der Waals surface area contributed by atoms with Crippen LogP contribution in [0.1, 0.15) is 11.5 Å². The van der Waals surface area contributed by atoms with Crippen LogP contribution in [-0.4, -0.2) is 11.7 Å². The van der Waals surface area contributed by atoms with E-state index >= 15 is 0 Å². The zero-order valence-electron chi connectivity index (χ0n) is 5.66. The van der Waals surface area contributed by atoms with E-state index in [1.54, 1.807) is 17.4 Å². The summed E-state index contributed by atoms with van der Waals surface area (Å²) in [6.07, 6.45) is 1.77. The molecule has 0 fully saturated rings. The Labute approximate surface area is 64.6 Å². The number of aliphatic hydroxyl groups excluding tert-OH is 1. The van der Waals surface area contributed by atoms with Gasteiger partial charge in [0.1, 0.15) is 0 Å². The molecule has 1 aromatic rings. The molecular weight excluding hydrogens is 144 g/mol. The first-order chi connectivity index (χ1) is 4.88. The summed E-state index contributed by atoms with van der Waals surface area (Å²) in [4.78, 5) is 0. The van der Waals surface area contributed by atoms with E-state index in [0.717, 1.165) is 5.56 Å². The molecule has 0 spiro atoms. The van der Waals surface area contributed by atoms with E-state index in [2.05, 4.69) is 6.58 Å². The average molecular weight is 154 g/mol. The van der Waals surface area contributed by atoms with Gasteiger partial charge in [-0.05, 0) is 22.4 Å². The van der Waals surface area contributed by atoms with Gasteiger partial charge in [-0.15, -0.1) is 6.58 Å². The molecule has 1 heterocycles. The lowest BCUT2D eigenvalue weighted by atomic mass is 10.0. The third kappa shape index (κ3) is 1.46. The molecule has 1 N–H and O–H groups in total. The molecule has 0 aliphatic heterocycles. The summed E-state index contributed by atoms with van der Waals surface area (Å²) in [5.74, 6) is 0.117. The van der Waals surface area contributed by atoms with Gasteiger partial charge in [0.2, 0.25) is 0 Å². The predicted molar refractivity (Wildman–Crippen MR) is 44.3 cm³/mol. The van der Waals surface area contributed by atoms with Crippen LogP contribution in [0.25, 0.3) is 0 Å². The number of hydrogen-bond acceptors (Lipinski definition) is 2. The van der Waals surface area contributed by atoms with Crippen molar-refractivity contribution in [2.45, 2.75) is 5.92 Å². The average Bonchev–Trinajstić information content (AvgIpc) is 2.43. The van der Waals surface area contributed by atoms with Gasteiger partial charge in [-0.1, -0.05) is 6.08 Å². The van der Waals surface area contributed by atoms with Gasteiger partial charge in [-0.25, -0.2) is 0 Å². The molecule has 0 aliphatic carbocycles. The standard InChI is InChI=1S/C8H10OS/c1-2-7(5-9)8-3-4-10-6-8/h2-4,6-7,9H,1,5H2/t7-/m0/s1. The fourth-order valence-electron chi connectivity index (χ4n) is 0.802. The Kier molecular flexibility index (Phi) is 2.66. The Bertz CT molecular complexity index is 191. The maximum absolute atomic E-state index is 8.83. The highest BCUT2D eigenvalue weighted by Gasteiger charge is 2.04. The SMILES string of the molecule is C=C[C@@H](CO)c1ccsc1. The Morgan fingerprint density at radius 1 is 1.80 bits per heavy atom. The number of thiophene rings is 1. The topological polar surface area (TPSA) is 20.2 Å². The van der Waals surface area contributed by atoms with Crippen molar-refractivity contribution in [3.8, 4) is 0 Å². The first-order valence-electron chi connectivity index (χ1n) is 3.14. The highest BCUT2D eigenvalue weighted by atomic mass is 32.1. The van der Waals surface area contributed by atoms with Gasteiger partial charge in [-0.3, -0.25) is 0 Å². The van der Waals surface area contributed by atoms with Crippen LogP contribution in [0.5, 0.6) is 0 Å². The van der Waals surface area contributed by atoms with E-state index in [4.69, 9.17) is 5.11 Å². The smallest absolute Gasteiger partial charge is 0.0534 e. The minimum absolute atomic E-state index is 0.117. The first kappa shape index (κ1) is 7.51. The molecule has 0 aliphatic rings. The molecule has 0 aromatic carbocycles. The van der Waals surface area contributed by atoms with E-state index in [0.29, 0.717) is 0 Å². The summed E-state index contributed by atoms with van der Waals surface area (Å²) in [5.41, 5.74) is 1.16. The van der Waals surface area contributed by atoms with Gasteiger partial charge in [0, 0.05) is 5.92 Å². The molecule has 1 rings (SSSR count). The van der Waals surface area contributed by atoms with Crippen LogP contribution in [0.4, 0.5) is 0 Å². The van der Waals surface area contributed by atoms with Crippen LogP contribution in [0.2, 0.25) is 0 Å². The lowest BCUT2D eigenvalue weighted by Crippen LogP contribution is -1.97. The monoisotopic (exact) mass is 154 g/mol. The van der Waals surface area contributed by atoms with E-state index in [-0.39, 0.29) is 12.5 Å². The Morgan fingerprint density at radius 3 is 3.00 bits per heavy atom. The minimum atomic E-state index is 0.117. The molecule has 1 atom stereocenters. The number of aliphatic hydroxyl groups is 1. The van der Waals surface area contributed by atoms with E-state index in [9.17, 15) is 0 Å². The van der Waals surface area contributed by atoms with Crippen molar-refractivity contribution in [3.05, 3.63) is 35.0 Å². The molecule has 10 heavy (non-hydrogen) atoms. The van der Waals surface area contributed by atoms with E-state index in [1.165, 1.54) is 0 Å². The molecule has 0 saturated carbocycles. The lowest BCUT2D eigenvalue weighted by Gasteiger charge is -2.04. The molecule has 0 saturated heterocycles. The quantitative estimate of drug-likeness (QED) is 0.660. The second-order valence-electron chi connectivity index (χ2n) is 2.08. The molecule has 0 unspecified atom stereocenters. The summed E-state index contributed by atoms with van der Waals surface area (Å²) >= 11 is 1.64. The van der Waals surface area contributed by atoms with E-state index in [1.807, 2.05) is 16.8 Å². The zero-order valence-corrected chi connectivity index (χ0v) is 6.47. The van der Waals surface area contributed by atoms with Crippen LogP contribution in [-0.2, 0) is 0 Å². The van der Waals surface area contributed by atoms with Crippen molar-refractivity contribution in [3.63, 3.8) is 0 Å². The van der Waals surface area contributed by atoms with Crippen molar-refractivity contribution in [1.82, 2.24) is 0 Å². The largest absolute Gasteiger partial charge is 0.395 e. The van der Waals surface area contributed by atoms with Gasteiger partial charge in [0.05, 0.1) is 6.61 Å². The number of rotatable bonds is 3. The fraction of sp³-hybridized carbons (Fsp3) is 0.250. The highest BCUT2D eigenvalue weighted by Crippen LogP contribution is 2.18. The zero-order chi connectivity index (χ0) is 7.40. The molecule has 0 radical (unpaired) electrons. The second kappa shape index (κ2) is 3.54. The highest BCUT2D eigenvalue weighted by molar-refractivity contribution is 7.07. The van der Waals surface area contributed by atoms with Crippen molar-refractivity contribution in [1.29, 1.82) is 0 Å². The Hall–Kier alpha value is -0.600. The van der Waals surface area contributed by atoms with Gasteiger partial charge in [0.15, 0.2) is 0 Å². The molecule has 0 amide bonds. The third-order valence-electron chi connectivity index (χ3n) is 1.45. The second-order valence-corrected chi connectivity index (χ2v) is 2.86. The molecule has 0 bridgehead atoms. The predicted octanol–water partition coefficient (Wildman–Crippen LogP) is 2.01. The van der Waals surface area contributed by atoms with Crippen molar-refractivity contribution in [2.24, 2.45) is 0 Å². The maximum atomic E-state index is 8.83. The van der Waals surface area contributed by atoms with Gasteiger partial charge < -0.3 is 5.11 Å². The summed E-state index contributed by atoms with van der Waals surface area (Å²) in [6, 6.07) is 2.01.